The number of hydrogen-bond donors (Lipinski definition) is 1. The van der Waals surface area contributed by atoms with E-state index in [2.05, 4.69) is 0 Å². The van der Waals surface area contributed by atoms with Crippen molar-refractivity contribution in [3.05, 3.63) is 35.4 Å². The number of rotatable bonds is 4. The first kappa shape index (κ1) is 13.1. The summed E-state index contributed by atoms with van der Waals surface area (Å²) in [6, 6.07) is 8.18. The van der Waals surface area contributed by atoms with Crippen molar-refractivity contribution < 1.29 is 4.79 Å². The van der Waals surface area contributed by atoms with E-state index in [-0.39, 0.29) is 5.91 Å². The normalized spacial score (nSPS) is 15.9. The molecule has 0 heterocycles. The van der Waals surface area contributed by atoms with Gasteiger partial charge in [-0.1, -0.05) is 31.0 Å². The molecule has 1 fully saturated rings. The van der Waals surface area contributed by atoms with Gasteiger partial charge >= 0.3 is 0 Å². The van der Waals surface area contributed by atoms with Crippen molar-refractivity contribution in [1.82, 2.24) is 4.90 Å². The smallest absolute Gasteiger partial charge is 0.254 e. The fraction of sp³-hybridized carbons (Fsp3) is 0.533. The van der Waals surface area contributed by atoms with Crippen LogP contribution in [0.4, 0.5) is 0 Å². The maximum Gasteiger partial charge on any atom is 0.254 e. The minimum atomic E-state index is 0.144. The highest BCUT2D eigenvalue weighted by Gasteiger charge is 2.27. The molecule has 0 aliphatic heterocycles. The third-order valence-electron chi connectivity index (χ3n) is 3.77. The van der Waals surface area contributed by atoms with Crippen molar-refractivity contribution >= 4 is 5.91 Å². The van der Waals surface area contributed by atoms with Gasteiger partial charge < -0.3 is 10.6 Å². The van der Waals surface area contributed by atoms with Gasteiger partial charge in [-0.25, -0.2) is 0 Å². The predicted octanol–water partition coefficient (Wildman–Crippen LogP) is 2.34. The molecule has 1 amide bonds. The van der Waals surface area contributed by atoms with Gasteiger partial charge in [0.2, 0.25) is 0 Å². The summed E-state index contributed by atoms with van der Waals surface area (Å²) < 4.78 is 0. The topological polar surface area (TPSA) is 46.3 Å². The largest absolute Gasteiger partial charge is 0.334 e. The van der Waals surface area contributed by atoms with Gasteiger partial charge in [-0.2, -0.15) is 0 Å². The van der Waals surface area contributed by atoms with Gasteiger partial charge in [-0.3, -0.25) is 4.79 Å². The number of carbonyl (C=O) groups is 1. The van der Waals surface area contributed by atoms with Crippen molar-refractivity contribution in [3.63, 3.8) is 0 Å². The zero-order chi connectivity index (χ0) is 13.0. The molecule has 1 aromatic rings. The summed E-state index contributed by atoms with van der Waals surface area (Å²) >= 11 is 0. The Labute approximate surface area is 109 Å². The Kier molecular flexibility index (Phi) is 4.37. The van der Waals surface area contributed by atoms with Crippen LogP contribution in [-0.4, -0.2) is 29.9 Å². The van der Waals surface area contributed by atoms with Gasteiger partial charge in [0.15, 0.2) is 0 Å². The average Bonchev–Trinajstić information content (AvgIpc) is 2.89. The van der Waals surface area contributed by atoms with Gasteiger partial charge in [-0.05, 0) is 31.4 Å². The van der Waals surface area contributed by atoms with E-state index in [0.29, 0.717) is 19.1 Å². The Balaban J connectivity index is 2.20. The average molecular weight is 246 g/mol. The number of benzene rings is 1. The minimum absolute atomic E-state index is 0.144. The lowest BCUT2D eigenvalue weighted by Crippen LogP contribution is -2.42. The Bertz CT molecular complexity index is 411. The van der Waals surface area contributed by atoms with Gasteiger partial charge in [-0.15, -0.1) is 0 Å². The molecule has 1 saturated carbocycles. The second kappa shape index (κ2) is 6.01. The van der Waals surface area contributed by atoms with E-state index in [1.807, 2.05) is 36.1 Å². The highest BCUT2D eigenvalue weighted by atomic mass is 16.2. The van der Waals surface area contributed by atoms with Crippen LogP contribution in [0.5, 0.6) is 0 Å². The van der Waals surface area contributed by atoms with E-state index in [1.54, 1.807) is 0 Å². The molecule has 2 rings (SSSR count). The molecular formula is C15H22N2O. The first-order valence-electron chi connectivity index (χ1n) is 6.80. The standard InChI is InChI=1S/C15H22N2O/c1-12-6-2-5-9-14(12)15(18)17(11-10-16)13-7-3-4-8-13/h2,5-6,9,13H,3-4,7-8,10-11,16H2,1H3. The number of amides is 1. The number of nitrogens with two attached hydrogens (primary N) is 1. The van der Waals surface area contributed by atoms with Gasteiger partial charge in [0.1, 0.15) is 0 Å². The molecule has 0 bridgehead atoms. The van der Waals surface area contributed by atoms with Gasteiger partial charge in [0.05, 0.1) is 0 Å². The maximum absolute atomic E-state index is 12.6. The SMILES string of the molecule is Cc1ccccc1C(=O)N(CCN)C1CCCC1. The molecule has 98 valence electrons. The second-order valence-electron chi connectivity index (χ2n) is 5.04. The molecule has 18 heavy (non-hydrogen) atoms. The van der Waals surface area contributed by atoms with Crippen molar-refractivity contribution in [2.75, 3.05) is 13.1 Å². The first-order valence-corrected chi connectivity index (χ1v) is 6.80. The van der Waals surface area contributed by atoms with Crippen LogP contribution in [0.3, 0.4) is 0 Å². The lowest BCUT2D eigenvalue weighted by molar-refractivity contribution is 0.0687. The quantitative estimate of drug-likeness (QED) is 0.886. The summed E-state index contributed by atoms with van der Waals surface area (Å²) in [6.45, 7) is 3.19. The Morgan fingerprint density at radius 2 is 2.00 bits per heavy atom. The number of aryl methyl sites for hydroxylation is 1. The fourth-order valence-electron chi connectivity index (χ4n) is 2.77. The van der Waals surface area contributed by atoms with Crippen LogP contribution in [0, 0.1) is 6.92 Å². The summed E-state index contributed by atoms with van der Waals surface area (Å²) in [5, 5.41) is 0. The lowest BCUT2D eigenvalue weighted by Gasteiger charge is -2.29. The number of nitrogens with zero attached hydrogens (tertiary/aromatic N) is 1. The Morgan fingerprint density at radius 1 is 1.33 bits per heavy atom. The molecule has 3 nitrogen and oxygen atoms in total. The molecule has 0 radical (unpaired) electrons. The Morgan fingerprint density at radius 3 is 2.61 bits per heavy atom. The second-order valence-corrected chi connectivity index (χ2v) is 5.04. The molecule has 1 aromatic carbocycles. The maximum atomic E-state index is 12.6. The van der Waals surface area contributed by atoms with E-state index >= 15 is 0 Å². The van der Waals surface area contributed by atoms with Crippen molar-refractivity contribution in [1.29, 1.82) is 0 Å². The molecule has 0 unspecified atom stereocenters. The zero-order valence-electron chi connectivity index (χ0n) is 11.1. The first-order chi connectivity index (χ1) is 8.74. The van der Waals surface area contributed by atoms with E-state index in [1.165, 1.54) is 12.8 Å². The number of hydrogen-bond acceptors (Lipinski definition) is 2. The molecule has 1 aliphatic rings. The van der Waals surface area contributed by atoms with Crippen LogP contribution >= 0.6 is 0 Å². The molecule has 0 atom stereocenters. The highest BCUT2D eigenvalue weighted by molar-refractivity contribution is 5.95. The molecule has 0 spiro atoms. The van der Waals surface area contributed by atoms with E-state index in [0.717, 1.165) is 24.0 Å². The molecule has 2 N–H and O–H groups in total. The summed E-state index contributed by atoms with van der Waals surface area (Å²) in [4.78, 5) is 14.6. The highest BCUT2D eigenvalue weighted by Crippen LogP contribution is 2.25. The minimum Gasteiger partial charge on any atom is -0.334 e. The summed E-state index contributed by atoms with van der Waals surface area (Å²) in [7, 11) is 0. The third kappa shape index (κ3) is 2.72. The summed E-state index contributed by atoms with van der Waals surface area (Å²) in [5.74, 6) is 0.144. The monoisotopic (exact) mass is 246 g/mol. The molecule has 1 aliphatic carbocycles. The van der Waals surface area contributed by atoms with E-state index in [9.17, 15) is 4.79 Å². The van der Waals surface area contributed by atoms with Crippen molar-refractivity contribution in [3.8, 4) is 0 Å². The molecule has 3 heteroatoms. The molecule has 0 saturated heterocycles. The predicted molar refractivity (Wildman–Crippen MR) is 73.5 cm³/mol. The van der Waals surface area contributed by atoms with Crippen molar-refractivity contribution in [2.45, 2.75) is 38.6 Å². The van der Waals surface area contributed by atoms with Gasteiger partial charge in [0, 0.05) is 24.7 Å². The van der Waals surface area contributed by atoms with E-state index < -0.39 is 0 Å². The van der Waals surface area contributed by atoms with Crippen molar-refractivity contribution in [2.24, 2.45) is 5.73 Å². The van der Waals surface area contributed by atoms with Crippen LogP contribution < -0.4 is 5.73 Å². The van der Waals surface area contributed by atoms with Crippen LogP contribution in [0.1, 0.15) is 41.6 Å². The summed E-state index contributed by atoms with van der Waals surface area (Å²) in [5.41, 5.74) is 7.52. The van der Waals surface area contributed by atoms with Crippen LogP contribution in [-0.2, 0) is 0 Å². The fourth-order valence-corrected chi connectivity index (χ4v) is 2.77. The van der Waals surface area contributed by atoms with Crippen LogP contribution in [0.2, 0.25) is 0 Å². The lowest BCUT2D eigenvalue weighted by atomic mass is 10.1. The third-order valence-corrected chi connectivity index (χ3v) is 3.77. The zero-order valence-corrected chi connectivity index (χ0v) is 11.1. The van der Waals surface area contributed by atoms with Crippen LogP contribution in [0.15, 0.2) is 24.3 Å². The summed E-state index contributed by atoms with van der Waals surface area (Å²) in [6.07, 6.45) is 4.70. The van der Waals surface area contributed by atoms with E-state index in [4.69, 9.17) is 5.73 Å². The van der Waals surface area contributed by atoms with Gasteiger partial charge in [0.25, 0.3) is 5.91 Å². The van der Waals surface area contributed by atoms with Crippen LogP contribution in [0.25, 0.3) is 0 Å². The molecule has 0 aromatic heterocycles. The Hall–Kier alpha value is -1.35. The number of carbonyl (C=O) groups excluding carboxylic acids is 1. The molecular weight excluding hydrogens is 224 g/mol.